The molecule has 0 spiro atoms. The minimum Gasteiger partial charge on any atom is -0.319 e. The van der Waals surface area contributed by atoms with E-state index in [0.29, 0.717) is 0 Å². The molecule has 0 fully saturated rings. The second-order valence-electron chi connectivity index (χ2n) is 3.19. The molecule has 1 heterocycles. The van der Waals surface area contributed by atoms with Gasteiger partial charge in [0.15, 0.2) is 0 Å². The Bertz CT molecular complexity index is 394. The second-order valence-corrected chi connectivity index (χ2v) is 3.19. The number of hydrogen-bond donors (Lipinski definition) is 1. The van der Waals surface area contributed by atoms with Crippen molar-refractivity contribution in [3.63, 3.8) is 0 Å². The summed E-state index contributed by atoms with van der Waals surface area (Å²) in [5, 5.41) is 7.40. The molecule has 1 N–H and O–H groups in total. The number of benzene rings is 1. The summed E-state index contributed by atoms with van der Waals surface area (Å²) in [6.45, 7) is 2.86. The van der Waals surface area contributed by atoms with E-state index in [-0.39, 0.29) is 0 Å². The average molecular weight is 188 g/mol. The van der Waals surface area contributed by atoms with Crippen LogP contribution in [-0.4, -0.2) is 14.9 Å². The second kappa shape index (κ2) is 3.91. The predicted octanol–water partition coefficient (Wildman–Crippen LogP) is 1.33. The fourth-order valence-electron chi connectivity index (χ4n) is 1.29. The molecular formula is C10H12N4. The van der Waals surface area contributed by atoms with Crippen LogP contribution in [0.2, 0.25) is 0 Å². The molecule has 2 aromatic rings. The SMILES string of the molecule is Cc1cccc(CNn2cnnc2)c1. The van der Waals surface area contributed by atoms with Crippen molar-refractivity contribution in [2.45, 2.75) is 13.5 Å². The van der Waals surface area contributed by atoms with Gasteiger partial charge in [-0.2, -0.15) is 0 Å². The molecule has 0 saturated heterocycles. The maximum atomic E-state index is 3.70. The largest absolute Gasteiger partial charge is 0.319 e. The van der Waals surface area contributed by atoms with Gasteiger partial charge in [0.05, 0.1) is 6.54 Å². The van der Waals surface area contributed by atoms with Gasteiger partial charge in [-0.15, -0.1) is 10.2 Å². The summed E-state index contributed by atoms with van der Waals surface area (Å²) in [4.78, 5) is 0. The van der Waals surface area contributed by atoms with Crippen LogP contribution in [-0.2, 0) is 6.54 Å². The number of aryl methyl sites for hydroxylation is 1. The van der Waals surface area contributed by atoms with E-state index in [0.717, 1.165) is 6.54 Å². The lowest BCUT2D eigenvalue weighted by Gasteiger charge is -2.06. The summed E-state index contributed by atoms with van der Waals surface area (Å²) < 4.78 is 1.74. The number of nitrogens with zero attached hydrogens (tertiary/aromatic N) is 3. The van der Waals surface area contributed by atoms with Gasteiger partial charge >= 0.3 is 0 Å². The minimum absolute atomic E-state index is 0.777. The Hall–Kier alpha value is -1.84. The van der Waals surface area contributed by atoms with Crippen LogP contribution >= 0.6 is 0 Å². The van der Waals surface area contributed by atoms with Gasteiger partial charge in [-0.3, -0.25) is 0 Å². The van der Waals surface area contributed by atoms with Gasteiger partial charge in [-0.05, 0) is 12.5 Å². The smallest absolute Gasteiger partial charge is 0.138 e. The van der Waals surface area contributed by atoms with E-state index < -0.39 is 0 Å². The summed E-state index contributed by atoms with van der Waals surface area (Å²) in [5.41, 5.74) is 5.68. The summed E-state index contributed by atoms with van der Waals surface area (Å²) >= 11 is 0. The van der Waals surface area contributed by atoms with Crippen molar-refractivity contribution in [2.75, 3.05) is 5.43 Å². The summed E-state index contributed by atoms with van der Waals surface area (Å²) in [6, 6.07) is 8.38. The zero-order valence-corrected chi connectivity index (χ0v) is 8.01. The quantitative estimate of drug-likeness (QED) is 0.790. The highest BCUT2D eigenvalue weighted by Gasteiger charge is 1.92. The van der Waals surface area contributed by atoms with Crippen LogP contribution < -0.4 is 5.43 Å². The summed E-state index contributed by atoms with van der Waals surface area (Å²) in [5.74, 6) is 0. The Kier molecular flexibility index (Phi) is 2.44. The first-order valence-electron chi connectivity index (χ1n) is 4.48. The maximum Gasteiger partial charge on any atom is 0.138 e. The fourth-order valence-corrected chi connectivity index (χ4v) is 1.29. The third-order valence-corrected chi connectivity index (χ3v) is 1.97. The van der Waals surface area contributed by atoms with Gasteiger partial charge in [-0.1, -0.05) is 29.8 Å². The number of nitrogens with one attached hydrogen (secondary N) is 1. The molecule has 0 aliphatic carbocycles. The first-order chi connectivity index (χ1) is 6.84. The molecule has 4 heteroatoms. The van der Waals surface area contributed by atoms with Crippen molar-refractivity contribution in [3.8, 4) is 0 Å². The Morgan fingerprint density at radius 2 is 2.07 bits per heavy atom. The number of rotatable bonds is 3. The molecule has 1 aromatic carbocycles. The van der Waals surface area contributed by atoms with Gasteiger partial charge in [0.1, 0.15) is 12.7 Å². The Morgan fingerprint density at radius 3 is 2.79 bits per heavy atom. The number of aromatic nitrogens is 3. The molecule has 0 bridgehead atoms. The zero-order chi connectivity index (χ0) is 9.80. The molecule has 0 amide bonds. The molecular weight excluding hydrogens is 176 g/mol. The average Bonchev–Trinajstić information content (AvgIpc) is 2.67. The van der Waals surface area contributed by atoms with Crippen LogP contribution in [0.5, 0.6) is 0 Å². The van der Waals surface area contributed by atoms with Gasteiger partial charge in [0.25, 0.3) is 0 Å². The first kappa shape index (κ1) is 8.74. The lowest BCUT2D eigenvalue weighted by molar-refractivity contribution is 0.835. The van der Waals surface area contributed by atoms with Crippen molar-refractivity contribution in [1.29, 1.82) is 0 Å². The molecule has 0 unspecified atom stereocenters. The van der Waals surface area contributed by atoms with Crippen molar-refractivity contribution < 1.29 is 0 Å². The van der Waals surface area contributed by atoms with E-state index in [1.54, 1.807) is 17.3 Å². The highest BCUT2D eigenvalue weighted by Crippen LogP contribution is 2.03. The Balaban J connectivity index is 1.98. The Labute approximate surface area is 82.6 Å². The third kappa shape index (κ3) is 2.10. The lowest BCUT2D eigenvalue weighted by atomic mass is 10.1. The van der Waals surface area contributed by atoms with Crippen molar-refractivity contribution in [1.82, 2.24) is 14.9 Å². The van der Waals surface area contributed by atoms with E-state index >= 15 is 0 Å². The van der Waals surface area contributed by atoms with Crippen LogP contribution in [0.15, 0.2) is 36.9 Å². The van der Waals surface area contributed by atoms with E-state index in [2.05, 4.69) is 46.8 Å². The molecule has 0 saturated carbocycles. The van der Waals surface area contributed by atoms with Gasteiger partial charge < -0.3 is 5.43 Å². The molecule has 14 heavy (non-hydrogen) atoms. The van der Waals surface area contributed by atoms with Crippen LogP contribution in [0, 0.1) is 6.92 Å². The van der Waals surface area contributed by atoms with Crippen LogP contribution in [0.25, 0.3) is 0 Å². The molecule has 0 atom stereocenters. The van der Waals surface area contributed by atoms with Crippen molar-refractivity contribution in [3.05, 3.63) is 48.0 Å². The van der Waals surface area contributed by atoms with E-state index in [1.165, 1.54) is 11.1 Å². The monoisotopic (exact) mass is 188 g/mol. The summed E-state index contributed by atoms with van der Waals surface area (Å²) in [7, 11) is 0. The molecule has 4 nitrogen and oxygen atoms in total. The van der Waals surface area contributed by atoms with E-state index in [4.69, 9.17) is 0 Å². The van der Waals surface area contributed by atoms with E-state index in [9.17, 15) is 0 Å². The zero-order valence-electron chi connectivity index (χ0n) is 8.01. The molecule has 0 aliphatic heterocycles. The standard InChI is InChI=1S/C10H12N4/c1-9-3-2-4-10(5-9)6-13-14-7-11-12-8-14/h2-5,7-8,13H,6H2,1H3. The molecule has 72 valence electrons. The minimum atomic E-state index is 0.777. The van der Waals surface area contributed by atoms with Crippen molar-refractivity contribution >= 4 is 0 Å². The molecule has 0 aliphatic rings. The third-order valence-electron chi connectivity index (χ3n) is 1.97. The van der Waals surface area contributed by atoms with Crippen LogP contribution in [0.3, 0.4) is 0 Å². The highest BCUT2D eigenvalue weighted by molar-refractivity contribution is 5.22. The van der Waals surface area contributed by atoms with E-state index in [1.807, 2.05) is 0 Å². The Morgan fingerprint density at radius 1 is 1.29 bits per heavy atom. The predicted molar refractivity (Wildman–Crippen MR) is 54.3 cm³/mol. The van der Waals surface area contributed by atoms with Gasteiger partial charge in [0, 0.05) is 0 Å². The fraction of sp³-hybridized carbons (Fsp3) is 0.200. The first-order valence-corrected chi connectivity index (χ1v) is 4.48. The van der Waals surface area contributed by atoms with Crippen molar-refractivity contribution in [2.24, 2.45) is 0 Å². The van der Waals surface area contributed by atoms with Crippen LogP contribution in [0.1, 0.15) is 11.1 Å². The molecule has 1 aromatic heterocycles. The summed E-state index contributed by atoms with van der Waals surface area (Å²) in [6.07, 6.45) is 3.27. The highest BCUT2D eigenvalue weighted by atomic mass is 15.5. The lowest BCUT2D eigenvalue weighted by Crippen LogP contribution is -2.11. The van der Waals surface area contributed by atoms with Crippen LogP contribution in [0.4, 0.5) is 0 Å². The normalized spacial score (nSPS) is 10.1. The number of hydrogen-bond acceptors (Lipinski definition) is 3. The van der Waals surface area contributed by atoms with Gasteiger partial charge in [0.2, 0.25) is 0 Å². The topological polar surface area (TPSA) is 42.7 Å². The molecule has 0 radical (unpaired) electrons. The molecule has 2 rings (SSSR count). The van der Waals surface area contributed by atoms with Gasteiger partial charge in [-0.25, -0.2) is 4.68 Å². The maximum absolute atomic E-state index is 3.70.